The minimum atomic E-state index is -0.620. The highest BCUT2D eigenvalue weighted by molar-refractivity contribution is 9.10. The van der Waals surface area contributed by atoms with Gasteiger partial charge in [0.05, 0.1) is 0 Å². The monoisotopic (exact) mass is 400 g/mol. The summed E-state index contributed by atoms with van der Waals surface area (Å²) < 4.78 is 10.9. The Morgan fingerprint density at radius 3 is 2.21 bits per heavy atom. The molecule has 0 unspecified atom stereocenters. The SMILES string of the molecule is CC(C)CCC(=O)OCC(=O)NNC(=O)COc1ccc(Br)cc1. The second kappa shape index (κ2) is 10.6. The van der Waals surface area contributed by atoms with Crippen molar-refractivity contribution in [2.45, 2.75) is 26.7 Å². The third-order valence-electron chi connectivity index (χ3n) is 2.81. The van der Waals surface area contributed by atoms with E-state index in [0.717, 1.165) is 4.47 Å². The predicted molar refractivity (Wildman–Crippen MR) is 91.0 cm³/mol. The summed E-state index contributed by atoms with van der Waals surface area (Å²) >= 11 is 3.29. The molecule has 7 nitrogen and oxygen atoms in total. The number of hydrogen-bond acceptors (Lipinski definition) is 5. The normalized spacial score (nSPS) is 10.2. The van der Waals surface area contributed by atoms with Crippen molar-refractivity contribution < 1.29 is 23.9 Å². The van der Waals surface area contributed by atoms with Gasteiger partial charge >= 0.3 is 5.97 Å². The van der Waals surface area contributed by atoms with E-state index in [4.69, 9.17) is 9.47 Å². The number of carbonyl (C=O) groups is 3. The molecule has 24 heavy (non-hydrogen) atoms. The van der Waals surface area contributed by atoms with Gasteiger partial charge in [-0.2, -0.15) is 0 Å². The smallest absolute Gasteiger partial charge is 0.306 e. The zero-order valence-corrected chi connectivity index (χ0v) is 15.2. The molecule has 2 amide bonds. The number of halogens is 1. The van der Waals surface area contributed by atoms with E-state index >= 15 is 0 Å². The molecule has 0 heterocycles. The molecule has 0 aliphatic carbocycles. The Morgan fingerprint density at radius 1 is 1.04 bits per heavy atom. The number of rotatable bonds is 8. The number of hydrazine groups is 1. The fourth-order valence-corrected chi connectivity index (χ4v) is 1.78. The van der Waals surface area contributed by atoms with Crippen molar-refractivity contribution in [3.8, 4) is 5.75 Å². The van der Waals surface area contributed by atoms with Gasteiger partial charge in [0, 0.05) is 10.9 Å². The van der Waals surface area contributed by atoms with Crippen molar-refractivity contribution in [1.29, 1.82) is 0 Å². The molecule has 8 heteroatoms. The lowest BCUT2D eigenvalue weighted by Crippen LogP contribution is -2.45. The zero-order chi connectivity index (χ0) is 17.9. The van der Waals surface area contributed by atoms with Crippen LogP contribution in [-0.2, 0) is 19.1 Å². The number of benzene rings is 1. The van der Waals surface area contributed by atoms with Gasteiger partial charge in [-0.1, -0.05) is 29.8 Å². The molecule has 1 aromatic rings. The minimum Gasteiger partial charge on any atom is -0.484 e. The van der Waals surface area contributed by atoms with Crippen molar-refractivity contribution in [1.82, 2.24) is 10.9 Å². The first-order chi connectivity index (χ1) is 11.4. The van der Waals surface area contributed by atoms with Crippen LogP contribution in [0.4, 0.5) is 0 Å². The summed E-state index contributed by atoms with van der Waals surface area (Å²) in [4.78, 5) is 34.3. The van der Waals surface area contributed by atoms with Crippen molar-refractivity contribution in [3.63, 3.8) is 0 Å². The Kier molecular flexibility index (Phi) is 8.85. The van der Waals surface area contributed by atoms with Gasteiger partial charge in [-0.05, 0) is 36.6 Å². The van der Waals surface area contributed by atoms with Crippen LogP contribution in [0.5, 0.6) is 5.75 Å². The Hall–Kier alpha value is -2.09. The third-order valence-corrected chi connectivity index (χ3v) is 3.34. The van der Waals surface area contributed by atoms with Gasteiger partial charge in [-0.25, -0.2) is 0 Å². The lowest BCUT2D eigenvalue weighted by Gasteiger charge is -2.09. The molecule has 0 spiro atoms. The molecule has 2 N–H and O–H groups in total. The Labute approximate surface area is 149 Å². The maximum Gasteiger partial charge on any atom is 0.306 e. The van der Waals surface area contributed by atoms with Crippen molar-refractivity contribution >= 4 is 33.7 Å². The van der Waals surface area contributed by atoms with Gasteiger partial charge in [0.1, 0.15) is 5.75 Å². The number of esters is 1. The first kappa shape index (κ1) is 20.0. The Bertz CT molecular complexity index is 560. The first-order valence-corrected chi connectivity index (χ1v) is 8.27. The maximum absolute atomic E-state index is 11.5. The summed E-state index contributed by atoms with van der Waals surface area (Å²) in [6, 6.07) is 6.96. The average Bonchev–Trinajstić information content (AvgIpc) is 2.55. The fraction of sp³-hybridized carbons (Fsp3) is 0.438. The zero-order valence-electron chi connectivity index (χ0n) is 13.6. The fourth-order valence-electron chi connectivity index (χ4n) is 1.52. The number of hydrogen-bond donors (Lipinski definition) is 2. The Morgan fingerprint density at radius 2 is 1.62 bits per heavy atom. The maximum atomic E-state index is 11.5. The van der Waals surface area contributed by atoms with Crippen LogP contribution >= 0.6 is 15.9 Å². The van der Waals surface area contributed by atoms with Gasteiger partial charge in [-0.3, -0.25) is 25.2 Å². The van der Waals surface area contributed by atoms with Crippen LogP contribution in [0.25, 0.3) is 0 Å². The highest BCUT2D eigenvalue weighted by atomic mass is 79.9. The predicted octanol–water partition coefficient (Wildman–Crippen LogP) is 1.95. The average molecular weight is 401 g/mol. The summed E-state index contributed by atoms with van der Waals surface area (Å²) in [5.74, 6) is -0.679. The van der Waals surface area contributed by atoms with E-state index in [1.54, 1.807) is 24.3 Å². The first-order valence-electron chi connectivity index (χ1n) is 7.48. The molecule has 0 saturated carbocycles. The lowest BCUT2D eigenvalue weighted by atomic mass is 10.1. The number of carbonyl (C=O) groups excluding carboxylic acids is 3. The van der Waals surface area contributed by atoms with Gasteiger partial charge in [0.15, 0.2) is 13.2 Å². The second-order valence-corrected chi connectivity index (χ2v) is 6.35. The quantitative estimate of drug-likeness (QED) is 0.513. The van der Waals surface area contributed by atoms with E-state index < -0.39 is 24.4 Å². The van der Waals surface area contributed by atoms with Crippen LogP contribution in [0.2, 0.25) is 0 Å². The molecule has 1 rings (SSSR count). The summed E-state index contributed by atoms with van der Waals surface area (Å²) in [6.45, 7) is 3.29. The van der Waals surface area contributed by atoms with Crippen molar-refractivity contribution in [2.75, 3.05) is 13.2 Å². The van der Waals surface area contributed by atoms with E-state index in [2.05, 4.69) is 26.8 Å². The van der Waals surface area contributed by atoms with E-state index in [1.165, 1.54) is 0 Å². The van der Waals surface area contributed by atoms with Crippen LogP contribution in [-0.4, -0.2) is 31.0 Å². The van der Waals surface area contributed by atoms with Crippen molar-refractivity contribution in [2.24, 2.45) is 5.92 Å². The van der Waals surface area contributed by atoms with Gasteiger partial charge < -0.3 is 9.47 Å². The van der Waals surface area contributed by atoms with Gasteiger partial charge in [-0.15, -0.1) is 0 Å². The molecule has 0 aliphatic heterocycles. The van der Waals surface area contributed by atoms with Crippen LogP contribution in [0, 0.1) is 5.92 Å². The molecule has 0 bridgehead atoms. The molecule has 0 radical (unpaired) electrons. The highest BCUT2D eigenvalue weighted by Gasteiger charge is 2.09. The third kappa shape index (κ3) is 9.14. The highest BCUT2D eigenvalue weighted by Crippen LogP contribution is 2.15. The molecule has 0 aromatic heterocycles. The molecular formula is C16H21BrN2O5. The lowest BCUT2D eigenvalue weighted by molar-refractivity contribution is -0.149. The minimum absolute atomic E-state index is 0.254. The molecule has 0 saturated heterocycles. The molecule has 0 fully saturated rings. The number of ether oxygens (including phenoxy) is 2. The van der Waals surface area contributed by atoms with Crippen molar-refractivity contribution in [3.05, 3.63) is 28.7 Å². The van der Waals surface area contributed by atoms with Gasteiger partial charge in [0.25, 0.3) is 11.8 Å². The number of nitrogens with one attached hydrogen (secondary N) is 2. The van der Waals surface area contributed by atoms with E-state index in [0.29, 0.717) is 18.1 Å². The Balaban J connectivity index is 2.15. The molecule has 0 aliphatic rings. The molecular weight excluding hydrogens is 380 g/mol. The van der Waals surface area contributed by atoms with Crippen LogP contribution in [0.3, 0.4) is 0 Å². The van der Waals surface area contributed by atoms with E-state index in [9.17, 15) is 14.4 Å². The van der Waals surface area contributed by atoms with Crippen LogP contribution < -0.4 is 15.6 Å². The summed E-state index contributed by atoms with van der Waals surface area (Å²) in [5, 5.41) is 0. The standard InChI is InChI=1S/C16H21BrN2O5/c1-11(2)3-8-16(22)24-10-15(21)19-18-14(20)9-23-13-6-4-12(17)5-7-13/h4-7,11H,3,8-10H2,1-2H3,(H,18,20)(H,19,21). The van der Waals surface area contributed by atoms with E-state index in [1.807, 2.05) is 13.8 Å². The van der Waals surface area contributed by atoms with E-state index in [-0.39, 0.29) is 13.0 Å². The summed E-state index contributed by atoms with van der Waals surface area (Å²) in [7, 11) is 0. The second-order valence-electron chi connectivity index (χ2n) is 5.43. The summed E-state index contributed by atoms with van der Waals surface area (Å²) in [5.41, 5.74) is 4.32. The van der Waals surface area contributed by atoms with Crippen LogP contribution in [0.1, 0.15) is 26.7 Å². The van der Waals surface area contributed by atoms with Crippen LogP contribution in [0.15, 0.2) is 28.7 Å². The topological polar surface area (TPSA) is 93.7 Å². The molecule has 132 valence electrons. The largest absolute Gasteiger partial charge is 0.484 e. The summed E-state index contributed by atoms with van der Waals surface area (Å²) in [6.07, 6.45) is 0.961. The molecule has 0 atom stereocenters. The molecule has 1 aromatic carbocycles. The number of amides is 2. The van der Waals surface area contributed by atoms with Gasteiger partial charge in [0.2, 0.25) is 0 Å².